The van der Waals surface area contributed by atoms with Crippen molar-refractivity contribution < 1.29 is 14.6 Å². The Balaban J connectivity index is 1.57. The van der Waals surface area contributed by atoms with Crippen LogP contribution in [-0.2, 0) is 11.3 Å². The largest absolute Gasteiger partial charge is 0.491 e. The lowest BCUT2D eigenvalue weighted by molar-refractivity contribution is -0.131. The number of aliphatic hydroxyl groups excluding tert-OH is 1. The van der Waals surface area contributed by atoms with Crippen LogP contribution in [0.15, 0.2) is 42.5 Å². The van der Waals surface area contributed by atoms with Crippen LogP contribution >= 0.6 is 0 Å². The van der Waals surface area contributed by atoms with Crippen molar-refractivity contribution in [2.45, 2.75) is 65.1 Å². The predicted molar refractivity (Wildman–Crippen MR) is 126 cm³/mol. The Hall–Kier alpha value is -2.86. The molecule has 0 spiro atoms. The average molecular weight is 436 g/mol. The van der Waals surface area contributed by atoms with E-state index in [9.17, 15) is 9.90 Å². The van der Waals surface area contributed by atoms with Crippen molar-refractivity contribution in [1.82, 2.24) is 14.5 Å². The van der Waals surface area contributed by atoms with Gasteiger partial charge in [0.05, 0.1) is 17.6 Å². The van der Waals surface area contributed by atoms with Gasteiger partial charge in [-0.3, -0.25) is 4.79 Å². The van der Waals surface area contributed by atoms with Crippen LogP contribution in [-0.4, -0.2) is 50.3 Å². The van der Waals surface area contributed by atoms with Gasteiger partial charge in [0.15, 0.2) is 0 Å². The van der Waals surface area contributed by atoms with Gasteiger partial charge in [0.2, 0.25) is 5.91 Å². The van der Waals surface area contributed by atoms with Crippen LogP contribution in [0.2, 0.25) is 0 Å². The number of fused-ring (bicyclic) bond motifs is 1. The van der Waals surface area contributed by atoms with Crippen LogP contribution in [0.4, 0.5) is 0 Å². The number of likely N-dealkylation sites (tertiary alicyclic amines) is 1. The van der Waals surface area contributed by atoms with Gasteiger partial charge in [0, 0.05) is 24.4 Å². The summed E-state index contributed by atoms with van der Waals surface area (Å²) in [6, 6.07) is 14.0. The van der Waals surface area contributed by atoms with Crippen LogP contribution in [0, 0.1) is 13.8 Å². The smallest absolute Gasteiger partial charge is 0.223 e. The van der Waals surface area contributed by atoms with Crippen LogP contribution < -0.4 is 4.74 Å². The third kappa shape index (κ3) is 4.51. The van der Waals surface area contributed by atoms with E-state index in [2.05, 4.69) is 25.3 Å². The van der Waals surface area contributed by atoms with Crippen LogP contribution in [0.25, 0.3) is 11.0 Å². The number of amides is 1. The number of imidazole rings is 1. The van der Waals surface area contributed by atoms with Gasteiger partial charge < -0.3 is 19.3 Å². The van der Waals surface area contributed by atoms with E-state index in [0.29, 0.717) is 19.5 Å². The first-order valence-corrected chi connectivity index (χ1v) is 11.3. The lowest BCUT2D eigenvalue weighted by atomic mass is 10.1. The minimum absolute atomic E-state index is 0.00117. The highest BCUT2D eigenvalue weighted by atomic mass is 16.5. The number of hydrogen-bond donors (Lipinski definition) is 1. The van der Waals surface area contributed by atoms with Crippen molar-refractivity contribution in [3.63, 3.8) is 0 Å². The zero-order valence-electron chi connectivity index (χ0n) is 19.6. The van der Waals surface area contributed by atoms with E-state index in [4.69, 9.17) is 9.72 Å². The number of benzene rings is 2. The lowest BCUT2D eigenvalue weighted by Crippen LogP contribution is -2.42. The molecule has 0 radical (unpaired) electrons. The first-order valence-electron chi connectivity index (χ1n) is 11.3. The Morgan fingerprint density at radius 3 is 2.66 bits per heavy atom. The van der Waals surface area contributed by atoms with E-state index >= 15 is 0 Å². The summed E-state index contributed by atoms with van der Waals surface area (Å²) in [6.07, 6.45) is -0.266. The molecule has 1 aromatic heterocycles. The maximum Gasteiger partial charge on any atom is 0.223 e. The summed E-state index contributed by atoms with van der Waals surface area (Å²) in [6.45, 7) is 11.4. The first kappa shape index (κ1) is 22.3. The maximum atomic E-state index is 12.7. The summed E-state index contributed by atoms with van der Waals surface area (Å²) in [5, 5.41) is 10.9. The van der Waals surface area contributed by atoms with Gasteiger partial charge in [-0.05, 0) is 63.9 Å². The molecule has 32 heavy (non-hydrogen) atoms. The molecule has 1 amide bonds. The van der Waals surface area contributed by atoms with E-state index < -0.39 is 6.10 Å². The minimum Gasteiger partial charge on any atom is -0.491 e. The highest BCUT2D eigenvalue weighted by Gasteiger charge is 2.39. The fraction of sp³-hybridized carbons (Fsp3) is 0.462. The Morgan fingerprint density at radius 1 is 1.19 bits per heavy atom. The van der Waals surface area contributed by atoms with E-state index in [0.717, 1.165) is 33.7 Å². The second kappa shape index (κ2) is 8.58. The molecule has 1 N–H and O–H groups in total. The number of carbonyl (C=O) groups is 1. The molecule has 0 unspecified atom stereocenters. The number of aliphatic hydroxyl groups is 1. The normalized spacial score (nSPS) is 17.9. The van der Waals surface area contributed by atoms with Gasteiger partial charge in [-0.1, -0.05) is 24.3 Å². The standard InChI is InChI=1S/C26H33N3O3/c1-17-10-11-18(2)23(12-17)32-16-20(30)15-28-22-9-7-6-8-21(22)27-25(28)19-13-24(31)29(14-19)26(3,4)5/h6-12,19-20,30H,13-16H2,1-5H3/t19-,20-/m1/s1. The molecule has 2 heterocycles. The van der Waals surface area contributed by atoms with Gasteiger partial charge in [-0.15, -0.1) is 0 Å². The summed E-state index contributed by atoms with van der Waals surface area (Å²) >= 11 is 0. The third-order valence-electron chi connectivity index (χ3n) is 6.15. The Bertz CT molecular complexity index is 1130. The second-order valence-corrected chi connectivity index (χ2v) is 9.88. The summed E-state index contributed by atoms with van der Waals surface area (Å²) in [4.78, 5) is 19.5. The van der Waals surface area contributed by atoms with Gasteiger partial charge in [-0.2, -0.15) is 0 Å². The molecule has 1 aliphatic heterocycles. The van der Waals surface area contributed by atoms with Crippen molar-refractivity contribution in [2.24, 2.45) is 0 Å². The van der Waals surface area contributed by atoms with Crippen molar-refractivity contribution in [3.8, 4) is 5.75 Å². The quantitative estimate of drug-likeness (QED) is 0.630. The highest BCUT2D eigenvalue weighted by Crippen LogP contribution is 2.34. The van der Waals surface area contributed by atoms with Crippen molar-refractivity contribution in [2.75, 3.05) is 13.2 Å². The molecule has 3 aromatic rings. The second-order valence-electron chi connectivity index (χ2n) is 9.88. The zero-order valence-corrected chi connectivity index (χ0v) is 19.6. The molecule has 4 rings (SSSR count). The Labute approximate surface area is 189 Å². The number of hydrogen-bond acceptors (Lipinski definition) is 4. The number of carbonyl (C=O) groups excluding carboxylic acids is 1. The summed E-state index contributed by atoms with van der Waals surface area (Å²) < 4.78 is 8.00. The van der Waals surface area contributed by atoms with E-state index in [1.54, 1.807) is 0 Å². The average Bonchev–Trinajstić information content (AvgIpc) is 3.29. The predicted octanol–water partition coefficient (Wildman–Crippen LogP) is 4.21. The lowest BCUT2D eigenvalue weighted by Gasteiger charge is -2.32. The molecular weight excluding hydrogens is 402 g/mol. The number of aromatic nitrogens is 2. The summed E-state index contributed by atoms with van der Waals surface area (Å²) in [7, 11) is 0. The highest BCUT2D eigenvalue weighted by molar-refractivity contribution is 5.81. The van der Waals surface area contributed by atoms with E-state index in [1.165, 1.54) is 0 Å². The number of nitrogens with zero attached hydrogens (tertiary/aromatic N) is 3. The van der Waals surface area contributed by atoms with Gasteiger partial charge in [0.1, 0.15) is 24.3 Å². The van der Waals surface area contributed by atoms with Crippen LogP contribution in [0.3, 0.4) is 0 Å². The van der Waals surface area contributed by atoms with Crippen molar-refractivity contribution in [1.29, 1.82) is 0 Å². The molecule has 0 saturated carbocycles. The summed E-state index contributed by atoms with van der Waals surface area (Å²) in [5.74, 6) is 1.81. The molecule has 0 bridgehead atoms. The van der Waals surface area contributed by atoms with Crippen LogP contribution in [0.1, 0.15) is 50.1 Å². The van der Waals surface area contributed by atoms with Gasteiger partial charge >= 0.3 is 0 Å². The minimum atomic E-state index is -0.706. The number of aryl methyl sites for hydroxylation is 2. The number of ether oxygens (including phenoxy) is 1. The molecule has 6 heteroatoms. The van der Waals surface area contributed by atoms with Crippen LogP contribution in [0.5, 0.6) is 5.75 Å². The SMILES string of the molecule is Cc1ccc(C)c(OC[C@H](O)Cn2c([C@@H]3CC(=O)N(C(C)(C)C)C3)nc3ccccc32)c1. The maximum absolute atomic E-state index is 12.7. The van der Waals surface area contributed by atoms with E-state index in [1.807, 2.05) is 61.2 Å². The molecule has 1 aliphatic rings. The van der Waals surface area contributed by atoms with Crippen molar-refractivity contribution >= 4 is 16.9 Å². The molecule has 2 aromatic carbocycles. The van der Waals surface area contributed by atoms with Crippen molar-refractivity contribution in [3.05, 3.63) is 59.4 Å². The topological polar surface area (TPSA) is 67.6 Å². The number of rotatable bonds is 6. The molecule has 1 fully saturated rings. The molecule has 0 aliphatic carbocycles. The monoisotopic (exact) mass is 435 g/mol. The first-order chi connectivity index (χ1) is 15.1. The third-order valence-corrected chi connectivity index (χ3v) is 6.15. The molecule has 2 atom stereocenters. The Morgan fingerprint density at radius 2 is 1.94 bits per heavy atom. The zero-order chi connectivity index (χ0) is 23.0. The fourth-order valence-electron chi connectivity index (χ4n) is 4.44. The number of para-hydroxylation sites is 2. The fourth-order valence-corrected chi connectivity index (χ4v) is 4.44. The summed E-state index contributed by atoms with van der Waals surface area (Å²) in [5.41, 5.74) is 3.80. The molecular formula is C26H33N3O3. The van der Waals surface area contributed by atoms with E-state index in [-0.39, 0.29) is 24.0 Å². The van der Waals surface area contributed by atoms with Gasteiger partial charge in [0.25, 0.3) is 0 Å². The molecule has 170 valence electrons. The molecule has 6 nitrogen and oxygen atoms in total. The van der Waals surface area contributed by atoms with Gasteiger partial charge in [-0.25, -0.2) is 4.98 Å². The molecule has 1 saturated heterocycles. The Kier molecular flexibility index (Phi) is 5.99.